The molecule has 3 aromatic rings. The number of hydrogen-bond acceptors (Lipinski definition) is 6. The van der Waals surface area contributed by atoms with E-state index in [0.29, 0.717) is 37.2 Å². The molecule has 1 saturated heterocycles. The second kappa shape index (κ2) is 12.3. The Morgan fingerprint density at radius 2 is 1.86 bits per heavy atom. The second-order valence-electron chi connectivity index (χ2n) is 8.01. The van der Waals surface area contributed by atoms with Gasteiger partial charge < -0.3 is 14.8 Å². The van der Waals surface area contributed by atoms with Crippen LogP contribution in [0.15, 0.2) is 76.1 Å². The van der Waals surface area contributed by atoms with Gasteiger partial charge in [0.25, 0.3) is 17.1 Å². The van der Waals surface area contributed by atoms with Gasteiger partial charge in [-0.3, -0.25) is 19.3 Å². The molecule has 1 fully saturated rings. The van der Waals surface area contributed by atoms with Crippen molar-refractivity contribution in [2.24, 2.45) is 0 Å². The molecule has 1 N–H and O–H groups in total. The number of ether oxygens (including phenoxy) is 2. The number of amides is 3. The Labute approximate surface area is 231 Å². The summed E-state index contributed by atoms with van der Waals surface area (Å²) in [5.74, 6) is 0.295. The molecule has 0 bridgehead atoms. The van der Waals surface area contributed by atoms with Gasteiger partial charge in [-0.2, -0.15) is 0 Å². The molecule has 0 saturated carbocycles. The Morgan fingerprint density at radius 3 is 2.62 bits per heavy atom. The van der Waals surface area contributed by atoms with E-state index in [1.807, 2.05) is 31.2 Å². The number of carbonyl (C=O) groups is 3. The zero-order chi connectivity index (χ0) is 26.4. The third kappa shape index (κ3) is 7.15. The number of hydrogen-bond donors (Lipinski definition) is 1. The molecule has 0 aliphatic carbocycles. The summed E-state index contributed by atoms with van der Waals surface area (Å²) in [4.78, 5) is 38.9. The maximum Gasteiger partial charge on any atom is 0.293 e. The first-order valence-electron chi connectivity index (χ1n) is 11.2. The zero-order valence-corrected chi connectivity index (χ0v) is 22.9. The molecule has 7 nitrogen and oxygen atoms in total. The summed E-state index contributed by atoms with van der Waals surface area (Å²) in [7, 11) is 0. The number of aryl methyl sites for hydroxylation is 1. The van der Waals surface area contributed by atoms with E-state index >= 15 is 0 Å². The average Bonchev–Trinajstić information content (AvgIpc) is 3.12. The lowest BCUT2D eigenvalue weighted by atomic mass is 10.2. The standard InChI is InChI=1S/C27H22BrClN2O5S/c1-17-5-4-6-19(13-17)30-25(32)16-36-22-10-9-18(14-20(22)28)15-24-26(33)31(27(34)37-24)11-12-35-23-8-3-2-7-21(23)29/h2-10,13-15H,11-12,16H2,1H3,(H,30,32)/b24-15-. The van der Waals surface area contributed by atoms with Crippen molar-refractivity contribution in [2.75, 3.05) is 25.1 Å². The molecule has 4 rings (SSSR count). The first kappa shape index (κ1) is 26.8. The van der Waals surface area contributed by atoms with Crippen molar-refractivity contribution < 1.29 is 23.9 Å². The predicted octanol–water partition coefficient (Wildman–Crippen LogP) is 6.54. The van der Waals surface area contributed by atoms with Crippen molar-refractivity contribution in [3.8, 4) is 11.5 Å². The first-order chi connectivity index (χ1) is 17.8. The van der Waals surface area contributed by atoms with Crippen LogP contribution in [0.5, 0.6) is 11.5 Å². The number of para-hydroxylation sites is 1. The zero-order valence-electron chi connectivity index (χ0n) is 19.7. The number of thioether (sulfide) groups is 1. The number of halogens is 2. The number of benzene rings is 3. The summed E-state index contributed by atoms with van der Waals surface area (Å²) in [6.45, 7) is 2.02. The van der Waals surface area contributed by atoms with Crippen LogP contribution in [-0.4, -0.2) is 41.7 Å². The fourth-order valence-corrected chi connectivity index (χ4v) is 5.01. The highest BCUT2D eigenvalue weighted by molar-refractivity contribution is 9.10. The predicted molar refractivity (Wildman–Crippen MR) is 149 cm³/mol. The van der Waals surface area contributed by atoms with Crippen molar-refractivity contribution in [3.63, 3.8) is 0 Å². The van der Waals surface area contributed by atoms with Gasteiger partial charge in [-0.15, -0.1) is 0 Å². The molecule has 1 heterocycles. The molecule has 0 unspecified atom stereocenters. The van der Waals surface area contributed by atoms with E-state index in [1.165, 1.54) is 0 Å². The lowest BCUT2D eigenvalue weighted by Gasteiger charge is -2.13. The third-order valence-corrected chi connectivity index (χ3v) is 7.04. The van der Waals surface area contributed by atoms with Crippen LogP contribution in [0.4, 0.5) is 10.5 Å². The van der Waals surface area contributed by atoms with Crippen molar-refractivity contribution in [1.82, 2.24) is 4.90 Å². The van der Waals surface area contributed by atoms with E-state index in [9.17, 15) is 14.4 Å². The molecule has 0 radical (unpaired) electrons. The van der Waals surface area contributed by atoms with Crippen LogP contribution >= 0.6 is 39.3 Å². The van der Waals surface area contributed by atoms with Gasteiger partial charge in [0.05, 0.1) is 20.9 Å². The quantitative estimate of drug-likeness (QED) is 0.280. The number of imide groups is 1. The number of nitrogens with one attached hydrogen (secondary N) is 1. The molecule has 0 aromatic heterocycles. The molecular weight excluding hydrogens is 580 g/mol. The third-order valence-electron chi connectivity index (χ3n) is 5.20. The maximum absolute atomic E-state index is 12.8. The van der Waals surface area contributed by atoms with E-state index in [1.54, 1.807) is 48.5 Å². The highest BCUT2D eigenvalue weighted by Gasteiger charge is 2.34. The van der Waals surface area contributed by atoms with Crippen molar-refractivity contribution in [3.05, 3.63) is 92.3 Å². The molecule has 0 spiro atoms. The minimum Gasteiger partial charge on any atom is -0.490 e. The topological polar surface area (TPSA) is 84.9 Å². The van der Waals surface area contributed by atoms with Gasteiger partial charge in [-0.25, -0.2) is 0 Å². The van der Waals surface area contributed by atoms with Crippen LogP contribution in [0.25, 0.3) is 6.08 Å². The van der Waals surface area contributed by atoms with Gasteiger partial charge in [0, 0.05) is 5.69 Å². The van der Waals surface area contributed by atoms with Crippen molar-refractivity contribution >= 4 is 68.1 Å². The molecule has 10 heteroatoms. The van der Waals surface area contributed by atoms with Gasteiger partial charge in [0.1, 0.15) is 18.1 Å². The van der Waals surface area contributed by atoms with Crippen LogP contribution in [0.2, 0.25) is 5.02 Å². The number of carbonyl (C=O) groups excluding carboxylic acids is 3. The number of anilines is 1. The van der Waals surface area contributed by atoms with E-state index in [-0.39, 0.29) is 36.8 Å². The summed E-state index contributed by atoms with van der Waals surface area (Å²) in [6, 6.07) is 19.7. The monoisotopic (exact) mass is 600 g/mol. The molecule has 1 aliphatic rings. The van der Waals surface area contributed by atoms with Crippen LogP contribution in [-0.2, 0) is 9.59 Å². The van der Waals surface area contributed by atoms with Gasteiger partial charge in [-0.05, 0) is 88.2 Å². The van der Waals surface area contributed by atoms with Crippen LogP contribution in [0.1, 0.15) is 11.1 Å². The van der Waals surface area contributed by atoms with Crippen molar-refractivity contribution in [2.45, 2.75) is 6.92 Å². The highest BCUT2D eigenvalue weighted by atomic mass is 79.9. The Kier molecular flexibility index (Phi) is 8.91. The van der Waals surface area contributed by atoms with Gasteiger partial charge in [-0.1, -0.05) is 41.9 Å². The fourth-order valence-electron chi connectivity index (χ4n) is 3.44. The van der Waals surface area contributed by atoms with Gasteiger partial charge in [0.15, 0.2) is 6.61 Å². The normalized spacial score (nSPS) is 14.2. The van der Waals surface area contributed by atoms with Crippen LogP contribution < -0.4 is 14.8 Å². The molecule has 37 heavy (non-hydrogen) atoms. The lowest BCUT2D eigenvalue weighted by molar-refractivity contribution is -0.123. The van der Waals surface area contributed by atoms with E-state index < -0.39 is 0 Å². The van der Waals surface area contributed by atoms with E-state index in [2.05, 4.69) is 21.2 Å². The summed E-state index contributed by atoms with van der Waals surface area (Å²) in [5.41, 5.74) is 2.44. The maximum atomic E-state index is 12.8. The van der Waals surface area contributed by atoms with Gasteiger partial charge in [0.2, 0.25) is 0 Å². The molecule has 1 aliphatic heterocycles. The second-order valence-corrected chi connectivity index (χ2v) is 10.3. The Balaban J connectivity index is 1.32. The molecule has 3 amide bonds. The van der Waals surface area contributed by atoms with Gasteiger partial charge >= 0.3 is 0 Å². The smallest absolute Gasteiger partial charge is 0.293 e. The van der Waals surface area contributed by atoms with Crippen LogP contribution in [0.3, 0.4) is 0 Å². The molecule has 3 aromatic carbocycles. The number of nitrogens with zero attached hydrogens (tertiary/aromatic N) is 1. The summed E-state index contributed by atoms with van der Waals surface area (Å²) in [6.07, 6.45) is 1.64. The largest absolute Gasteiger partial charge is 0.490 e. The summed E-state index contributed by atoms with van der Waals surface area (Å²) < 4.78 is 11.8. The van der Waals surface area contributed by atoms with Crippen LogP contribution in [0, 0.1) is 6.92 Å². The molecule has 0 atom stereocenters. The minimum absolute atomic E-state index is 0.105. The molecular formula is C27H22BrClN2O5S. The lowest BCUT2D eigenvalue weighted by Crippen LogP contribution is -2.32. The fraction of sp³-hybridized carbons (Fsp3) is 0.148. The Hall–Kier alpha value is -3.27. The first-order valence-corrected chi connectivity index (χ1v) is 13.2. The highest BCUT2D eigenvalue weighted by Crippen LogP contribution is 2.34. The van der Waals surface area contributed by atoms with E-state index in [4.69, 9.17) is 21.1 Å². The van der Waals surface area contributed by atoms with Crippen molar-refractivity contribution in [1.29, 1.82) is 0 Å². The SMILES string of the molecule is Cc1cccc(NC(=O)COc2ccc(/C=C3\SC(=O)N(CCOc4ccccc4Cl)C3=O)cc2Br)c1. The summed E-state index contributed by atoms with van der Waals surface area (Å²) in [5, 5.41) is 2.89. The Bertz CT molecular complexity index is 1380. The summed E-state index contributed by atoms with van der Waals surface area (Å²) >= 11 is 10.4. The minimum atomic E-state index is -0.387. The molecule has 190 valence electrons. The average molecular weight is 602 g/mol. The van der Waals surface area contributed by atoms with E-state index in [0.717, 1.165) is 22.2 Å². The Morgan fingerprint density at radius 1 is 1.05 bits per heavy atom. The number of rotatable bonds is 9.